The number of benzene rings is 1. The van der Waals surface area contributed by atoms with Crippen molar-refractivity contribution < 1.29 is 0 Å². The predicted octanol–water partition coefficient (Wildman–Crippen LogP) is 3.13. The second-order valence-corrected chi connectivity index (χ2v) is 5.34. The average molecular weight is 342 g/mol. The van der Waals surface area contributed by atoms with Crippen molar-refractivity contribution in [3.63, 3.8) is 0 Å². The third-order valence-electron chi connectivity index (χ3n) is 2.82. The van der Waals surface area contributed by atoms with Gasteiger partial charge in [-0.15, -0.1) is 24.8 Å². The Bertz CT molecular complexity index is 340. The van der Waals surface area contributed by atoms with Gasteiger partial charge in [0.25, 0.3) is 0 Å². The standard InChI is InChI=1S/C12H17BrN2.2ClH/c1-9-4-10(6-11(13)5-9)7-15-3-2-12(14)8-15;;/h4-6,12H,2-3,7-8,14H2,1H3;2*1H. The Morgan fingerprint density at radius 2 is 2.06 bits per heavy atom. The average Bonchev–Trinajstić information content (AvgIpc) is 2.49. The fraction of sp³-hybridized carbons (Fsp3) is 0.500. The van der Waals surface area contributed by atoms with Crippen LogP contribution in [0, 0.1) is 6.92 Å². The minimum atomic E-state index is 0. The SMILES string of the molecule is Cc1cc(Br)cc(CN2CCC(N)C2)c1.Cl.Cl. The largest absolute Gasteiger partial charge is 0.326 e. The highest BCUT2D eigenvalue weighted by Gasteiger charge is 2.18. The van der Waals surface area contributed by atoms with Gasteiger partial charge in [-0.2, -0.15) is 0 Å². The summed E-state index contributed by atoms with van der Waals surface area (Å²) >= 11 is 3.53. The lowest BCUT2D eigenvalue weighted by molar-refractivity contribution is 0.327. The Morgan fingerprint density at radius 3 is 2.59 bits per heavy atom. The molecule has 17 heavy (non-hydrogen) atoms. The fourth-order valence-electron chi connectivity index (χ4n) is 2.17. The Morgan fingerprint density at radius 1 is 1.35 bits per heavy atom. The first kappa shape index (κ1) is 17.2. The van der Waals surface area contributed by atoms with Crippen LogP contribution in [0.4, 0.5) is 0 Å². The van der Waals surface area contributed by atoms with Gasteiger partial charge in [0.15, 0.2) is 0 Å². The van der Waals surface area contributed by atoms with E-state index in [0.29, 0.717) is 6.04 Å². The van der Waals surface area contributed by atoms with E-state index in [1.807, 2.05) is 0 Å². The third-order valence-corrected chi connectivity index (χ3v) is 3.27. The summed E-state index contributed by atoms with van der Waals surface area (Å²) in [6.07, 6.45) is 1.13. The van der Waals surface area contributed by atoms with Crippen LogP contribution in [0.3, 0.4) is 0 Å². The second kappa shape index (κ2) is 7.59. The number of likely N-dealkylation sites (tertiary alicyclic amines) is 1. The van der Waals surface area contributed by atoms with Crippen LogP contribution in [-0.4, -0.2) is 24.0 Å². The van der Waals surface area contributed by atoms with Crippen LogP contribution < -0.4 is 5.73 Å². The van der Waals surface area contributed by atoms with Crippen LogP contribution >= 0.6 is 40.7 Å². The topological polar surface area (TPSA) is 29.3 Å². The van der Waals surface area contributed by atoms with E-state index in [2.05, 4.69) is 46.0 Å². The smallest absolute Gasteiger partial charge is 0.0234 e. The van der Waals surface area contributed by atoms with E-state index in [-0.39, 0.29) is 24.8 Å². The van der Waals surface area contributed by atoms with Gasteiger partial charge in [0.1, 0.15) is 0 Å². The highest BCUT2D eigenvalue weighted by molar-refractivity contribution is 9.10. The van der Waals surface area contributed by atoms with Crippen LogP contribution in [0.2, 0.25) is 0 Å². The molecule has 1 aliphatic heterocycles. The molecule has 1 saturated heterocycles. The lowest BCUT2D eigenvalue weighted by atomic mass is 10.1. The summed E-state index contributed by atoms with van der Waals surface area (Å²) in [4.78, 5) is 2.42. The van der Waals surface area contributed by atoms with Gasteiger partial charge in [-0.1, -0.05) is 22.0 Å². The van der Waals surface area contributed by atoms with Crippen molar-refractivity contribution in [2.45, 2.75) is 25.9 Å². The van der Waals surface area contributed by atoms with Gasteiger partial charge in [0, 0.05) is 30.1 Å². The molecule has 0 bridgehead atoms. The minimum absolute atomic E-state index is 0. The molecule has 5 heteroatoms. The summed E-state index contributed by atoms with van der Waals surface area (Å²) in [5.41, 5.74) is 8.57. The summed E-state index contributed by atoms with van der Waals surface area (Å²) in [6, 6.07) is 6.95. The quantitative estimate of drug-likeness (QED) is 0.895. The van der Waals surface area contributed by atoms with E-state index in [1.54, 1.807) is 0 Å². The Kier molecular flexibility index (Phi) is 7.68. The van der Waals surface area contributed by atoms with Gasteiger partial charge in [0.05, 0.1) is 0 Å². The first-order chi connectivity index (χ1) is 7.13. The van der Waals surface area contributed by atoms with Gasteiger partial charge in [-0.05, 0) is 36.6 Å². The van der Waals surface area contributed by atoms with Crippen LogP contribution in [0.1, 0.15) is 17.5 Å². The Labute approximate surface area is 124 Å². The number of hydrogen-bond donors (Lipinski definition) is 1. The van der Waals surface area contributed by atoms with E-state index in [4.69, 9.17) is 5.73 Å². The van der Waals surface area contributed by atoms with E-state index in [9.17, 15) is 0 Å². The van der Waals surface area contributed by atoms with E-state index < -0.39 is 0 Å². The second-order valence-electron chi connectivity index (χ2n) is 4.42. The maximum Gasteiger partial charge on any atom is 0.0234 e. The summed E-state index contributed by atoms with van der Waals surface area (Å²) in [6.45, 7) is 5.32. The molecular weight excluding hydrogens is 323 g/mol. The number of aryl methyl sites for hydroxylation is 1. The maximum absolute atomic E-state index is 5.89. The highest BCUT2D eigenvalue weighted by Crippen LogP contribution is 2.18. The number of nitrogens with zero attached hydrogens (tertiary/aromatic N) is 1. The number of halogens is 3. The molecular formula is C12H19BrCl2N2. The molecule has 2 nitrogen and oxygen atoms in total. The van der Waals surface area contributed by atoms with Crippen molar-refractivity contribution in [2.75, 3.05) is 13.1 Å². The summed E-state index contributed by atoms with van der Waals surface area (Å²) in [5.74, 6) is 0. The molecule has 0 radical (unpaired) electrons. The van der Waals surface area contributed by atoms with Gasteiger partial charge in [0.2, 0.25) is 0 Å². The number of hydrogen-bond acceptors (Lipinski definition) is 2. The first-order valence-corrected chi connectivity index (χ1v) is 6.17. The lowest BCUT2D eigenvalue weighted by Crippen LogP contribution is -2.26. The maximum atomic E-state index is 5.89. The van der Waals surface area contributed by atoms with Gasteiger partial charge in [-0.25, -0.2) is 0 Å². The van der Waals surface area contributed by atoms with Crippen LogP contribution in [0.25, 0.3) is 0 Å². The number of rotatable bonds is 2. The van der Waals surface area contributed by atoms with Crippen molar-refractivity contribution in [1.82, 2.24) is 4.90 Å². The molecule has 0 aliphatic carbocycles. The zero-order chi connectivity index (χ0) is 10.8. The molecule has 1 heterocycles. The lowest BCUT2D eigenvalue weighted by Gasteiger charge is -2.15. The first-order valence-electron chi connectivity index (χ1n) is 5.37. The zero-order valence-corrected chi connectivity index (χ0v) is 13.1. The van der Waals surface area contributed by atoms with Crippen LogP contribution in [-0.2, 0) is 6.54 Å². The van der Waals surface area contributed by atoms with Crippen LogP contribution in [0.15, 0.2) is 22.7 Å². The minimum Gasteiger partial charge on any atom is -0.326 e. The third kappa shape index (κ3) is 5.14. The molecule has 0 aromatic heterocycles. The van der Waals surface area contributed by atoms with E-state index >= 15 is 0 Å². The molecule has 2 rings (SSSR count). The normalized spacial score (nSPS) is 19.6. The number of nitrogens with two attached hydrogens (primary N) is 1. The molecule has 1 fully saturated rings. The Hall–Kier alpha value is 0.200. The summed E-state index contributed by atoms with van der Waals surface area (Å²) in [7, 11) is 0. The fourth-order valence-corrected chi connectivity index (χ4v) is 2.82. The molecule has 1 atom stereocenters. The monoisotopic (exact) mass is 340 g/mol. The van der Waals surface area contributed by atoms with Gasteiger partial charge < -0.3 is 5.73 Å². The molecule has 0 amide bonds. The van der Waals surface area contributed by atoms with Crippen molar-refractivity contribution in [1.29, 1.82) is 0 Å². The van der Waals surface area contributed by atoms with Crippen LogP contribution in [0.5, 0.6) is 0 Å². The molecule has 1 aromatic carbocycles. The van der Waals surface area contributed by atoms with Crippen molar-refractivity contribution in [3.05, 3.63) is 33.8 Å². The predicted molar refractivity (Wildman–Crippen MR) is 81.2 cm³/mol. The van der Waals surface area contributed by atoms with Crippen molar-refractivity contribution in [3.8, 4) is 0 Å². The molecule has 98 valence electrons. The van der Waals surface area contributed by atoms with Crippen molar-refractivity contribution in [2.24, 2.45) is 5.73 Å². The van der Waals surface area contributed by atoms with Gasteiger partial charge in [-0.3, -0.25) is 4.90 Å². The van der Waals surface area contributed by atoms with E-state index in [1.165, 1.54) is 15.6 Å². The van der Waals surface area contributed by atoms with E-state index in [0.717, 1.165) is 26.1 Å². The molecule has 1 aliphatic rings. The molecule has 0 spiro atoms. The molecule has 2 N–H and O–H groups in total. The Balaban J connectivity index is 0.00000128. The molecule has 1 aromatic rings. The van der Waals surface area contributed by atoms with Crippen molar-refractivity contribution >= 4 is 40.7 Å². The summed E-state index contributed by atoms with van der Waals surface area (Å²) < 4.78 is 1.17. The molecule has 1 unspecified atom stereocenters. The highest BCUT2D eigenvalue weighted by atomic mass is 79.9. The van der Waals surface area contributed by atoms with Gasteiger partial charge >= 0.3 is 0 Å². The zero-order valence-electron chi connectivity index (χ0n) is 9.86. The summed E-state index contributed by atoms with van der Waals surface area (Å²) in [5, 5.41) is 0. The molecule has 0 saturated carbocycles.